The lowest BCUT2D eigenvalue weighted by Gasteiger charge is -2.32. The van der Waals surface area contributed by atoms with Gasteiger partial charge in [0.1, 0.15) is 0 Å². The Morgan fingerprint density at radius 1 is 1.15 bits per heavy atom. The monoisotopic (exact) mass is 282 g/mol. The zero-order valence-electron chi connectivity index (χ0n) is 12.5. The summed E-state index contributed by atoms with van der Waals surface area (Å²) in [4.78, 5) is 25.3. The van der Waals surface area contributed by atoms with E-state index in [2.05, 4.69) is 19.2 Å². The maximum atomic E-state index is 12.4. The molecular formula is C15H26N2O3. The Labute approximate surface area is 120 Å². The van der Waals surface area contributed by atoms with E-state index in [9.17, 15) is 9.59 Å². The lowest BCUT2D eigenvalue weighted by Crippen LogP contribution is -2.50. The standard InChI is InChI=1S/C15H26N2O3/c1-3-13-9-4-10(2)17(13)15(20)16-12-7-5-11(6-8-12)14(18)19/h10-13H,3-9H2,1-2H3,(H,16,20)(H,18,19). The number of urea groups is 1. The molecule has 0 aromatic rings. The first-order valence-corrected chi connectivity index (χ1v) is 7.84. The Morgan fingerprint density at radius 2 is 1.80 bits per heavy atom. The normalized spacial score (nSPS) is 34.0. The molecule has 1 aliphatic carbocycles. The number of nitrogens with zero attached hydrogens (tertiary/aromatic N) is 1. The first-order chi connectivity index (χ1) is 9.52. The average Bonchev–Trinajstić information content (AvgIpc) is 2.80. The number of carboxylic acids is 1. The van der Waals surface area contributed by atoms with Crippen LogP contribution in [0.1, 0.15) is 58.8 Å². The molecule has 1 heterocycles. The summed E-state index contributed by atoms with van der Waals surface area (Å²) in [6.07, 6.45) is 6.08. The molecule has 2 unspecified atom stereocenters. The number of hydrogen-bond donors (Lipinski definition) is 2. The highest BCUT2D eigenvalue weighted by molar-refractivity contribution is 5.75. The van der Waals surface area contributed by atoms with Crippen molar-refractivity contribution in [2.24, 2.45) is 5.92 Å². The Hall–Kier alpha value is -1.26. The van der Waals surface area contributed by atoms with E-state index < -0.39 is 5.97 Å². The third kappa shape index (κ3) is 3.25. The predicted molar refractivity (Wildman–Crippen MR) is 76.5 cm³/mol. The van der Waals surface area contributed by atoms with Crippen molar-refractivity contribution in [3.05, 3.63) is 0 Å². The van der Waals surface area contributed by atoms with Gasteiger partial charge in [0.05, 0.1) is 5.92 Å². The van der Waals surface area contributed by atoms with E-state index in [1.165, 1.54) is 0 Å². The number of aliphatic carboxylic acids is 1. The van der Waals surface area contributed by atoms with Crippen LogP contribution in [0, 0.1) is 5.92 Å². The van der Waals surface area contributed by atoms with Crippen molar-refractivity contribution in [2.45, 2.75) is 76.9 Å². The summed E-state index contributed by atoms with van der Waals surface area (Å²) in [7, 11) is 0. The van der Waals surface area contributed by atoms with E-state index in [0.717, 1.165) is 32.1 Å². The first-order valence-electron chi connectivity index (χ1n) is 7.84. The van der Waals surface area contributed by atoms with Crippen LogP contribution in [-0.4, -0.2) is 40.1 Å². The first kappa shape index (κ1) is 15.1. The van der Waals surface area contributed by atoms with Crippen molar-refractivity contribution in [3.8, 4) is 0 Å². The summed E-state index contributed by atoms with van der Waals surface area (Å²) in [6.45, 7) is 4.23. The molecule has 2 amide bonds. The molecule has 20 heavy (non-hydrogen) atoms. The third-order valence-corrected chi connectivity index (χ3v) is 4.90. The van der Waals surface area contributed by atoms with Gasteiger partial charge in [-0.15, -0.1) is 0 Å². The molecular weight excluding hydrogens is 256 g/mol. The van der Waals surface area contributed by atoms with Crippen LogP contribution in [-0.2, 0) is 4.79 Å². The molecule has 0 aromatic carbocycles. The number of rotatable bonds is 3. The number of likely N-dealkylation sites (tertiary alicyclic amines) is 1. The highest BCUT2D eigenvalue weighted by atomic mass is 16.4. The van der Waals surface area contributed by atoms with Gasteiger partial charge in [0.15, 0.2) is 0 Å². The minimum Gasteiger partial charge on any atom is -0.481 e. The van der Waals surface area contributed by atoms with Gasteiger partial charge >= 0.3 is 12.0 Å². The van der Waals surface area contributed by atoms with E-state index in [1.807, 2.05) is 4.90 Å². The van der Waals surface area contributed by atoms with Gasteiger partial charge in [-0.3, -0.25) is 4.79 Å². The van der Waals surface area contributed by atoms with Crippen LogP contribution < -0.4 is 5.32 Å². The van der Waals surface area contributed by atoms with Crippen LogP contribution in [0.3, 0.4) is 0 Å². The molecule has 0 bridgehead atoms. The second-order valence-electron chi connectivity index (χ2n) is 6.23. The molecule has 1 saturated heterocycles. The van der Waals surface area contributed by atoms with Crippen LogP contribution >= 0.6 is 0 Å². The van der Waals surface area contributed by atoms with Gasteiger partial charge in [-0.1, -0.05) is 6.92 Å². The fourth-order valence-corrected chi connectivity index (χ4v) is 3.57. The quantitative estimate of drug-likeness (QED) is 0.836. The Morgan fingerprint density at radius 3 is 2.35 bits per heavy atom. The van der Waals surface area contributed by atoms with Crippen molar-refractivity contribution < 1.29 is 14.7 Å². The Balaban J connectivity index is 1.84. The minimum absolute atomic E-state index is 0.0422. The molecule has 0 radical (unpaired) electrons. The molecule has 0 spiro atoms. The van der Waals surface area contributed by atoms with Gasteiger partial charge in [-0.2, -0.15) is 0 Å². The van der Waals surface area contributed by atoms with Crippen LogP contribution in [0.4, 0.5) is 4.79 Å². The highest BCUT2D eigenvalue weighted by Crippen LogP contribution is 2.28. The SMILES string of the molecule is CCC1CCC(C)N1C(=O)NC1CCC(C(=O)O)CC1. The molecule has 1 saturated carbocycles. The molecule has 2 aliphatic rings. The molecule has 5 nitrogen and oxygen atoms in total. The van der Waals surface area contributed by atoms with E-state index in [-0.39, 0.29) is 18.0 Å². The number of carbonyl (C=O) groups excluding carboxylic acids is 1. The molecule has 2 rings (SSSR count). The van der Waals surface area contributed by atoms with E-state index in [4.69, 9.17) is 5.11 Å². The van der Waals surface area contributed by atoms with E-state index in [1.54, 1.807) is 0 Å². The number of hydrogen-bond acceptors (Lipinski definition) is 2. The number of amides is 2. The van der Waals surface area contributed by atoms with E-state index in [0.29, 0.717) is 24.9 Å². The largest absolute Gasteiger partial charge is 0.481 e. The van der Waals surface area contributed by atoms with Gasteiger partial charge in [-0.05, 0) is 51.9 Å². The van der Waals surface area contributed by atoms with Gasteiger partial charge in [0, 0.05) is 18.1 Å². The van der Waals surface area contributed by atoms with Gasteiger partial charge in [0.2, 0.25) is 0 Å². The number of nitrogens with one attached hydrogen (secondary N) is 1. The van der Waals surface area contributed by atoms with Gasteiger partial charge < -0.3 is 15.3 Å². The van der Waals surface area contributed by atoms with Crippen LogP contribution in [0.5, 0.6) is 0 Å². The molecule has 0 aromatic heterocycles. The predicted octanol–water partition coefficient (Wildman–Crippen LogP) is 2.60. The lowest BCUT2D eigenvalue weighted by molar-refractivity contribution is -0.142. The van der Waals surface area contributed by atoms with Gasteiger partial charge in [-0.25, -0.2) is 4.79 Å². The molecule has 114 valence electrons. The average molecular weight is 282 g/mol. The molecule has 2 atom stereocenters. The second-order valence-corrected chi connectivity index (χ2v) is 6.23. The number of carboxylic acid groups (broad SMARTS) is 1. The maximum absolute atomic E-state index is 12.4. The summed E-state index contributed by atoms with van der Waals surface area (Å²) in [5, 5.41) is 12.1. The van der Waals surface area contributed by atoms with Crippen LogP contribution in [0.15, 0.2) is 0 Å². The number of carbonyl (C=O) groups is 2. The maximum Gasteiger partial charge on any atom is 0.318 e. The second kappa shape index (κ2) is 6.46. The van der Waals surface area contributed by atoms with Crippen molar-refractivity contribution in [3.63, 3.8) is 0 Å². The molecule has 2 fully saturated rings. The summed E-state index contributed by atoms with van der Waals surface area (Å²) in [6, 6.07) is 0.861. The van der Waals surface area contributed by atoms with Gasteiger partial charge in [0.25, 0.3) is 0 Å². The fourth-order valence-electron chi connectivity index (χ4n) is 3.57. The van der Waals surface area contributed by atoms with Crippen molar-refractivity contribution in [2.75, 3.05) is 0 Å². The zero-order valence-corrected chi connectivity index (χ0v) is 12.5. The van der Waals surface area contributed by atoms with E-state index >= 15 is 0 Å². The van der Waals surface area contributed by atoms with Crippen LogP contribution in [0.25, 0.3) is 0 Å². The Bertz CT molecular complexity index is 364. The summed E-state index contributed by atoms with van der Waals surface area (Å²) < 4.78 is 0. The molecule has 5 heteroatoms. The lowest BCUT2D eigenvalue weighted by atomic mass is 9.86. The van der Waals surface area contributed by atoms with Crippen LogP contribution in [0.2, 0.25) is 0 Å². The molecule has 1 aliphatic heterocycles. The molecule has 2 N–H and O–H groups in total. The topological polar surface area (TPSA) is 69.6 Å². The Kier molecular flexibility index (Phi) is 4.89. The summed E-state index contributed by atoms with van der Waals surface area (Å²) in [5.41, 5.74) is 0. The third-order valence-electron chi connectivity index (χ3n) is 4.90. The fraction of sp³-hybridized carbons (Fsp3) is 0.867. The minimum atomic E-state index is -0.700. The smallest absolute Gasteiger partial charge is 0.318 e. The summed E-state index contributed by atoms with van der Waals surface area (Å²) in [5.74, 6) is -0.925. The summed E-state index contributed by atoms with van der Waals surface area (Å²) >= 11 is 0. The van der Waals surface area contributed by atoms with Crippen molar-refractivity contribution in [1.82, 2.24) is 10.2 Å². The highest BCUT2D eigenvalue weighted by Gasteiger charge is 2.35. The zero-order chi connectivity index (χ0) is 14.7. The van der Waals surface area contributed by atoms with Crippen molar-refractivity contribution >= 4 is 12.0 Å². The van der Waals surface area contributed by atoms with Crippen molar-refractivity contribution in [1.29, 1.82) is 0 Å².